The molecule has 0 aliphatic carbocycles. The molecule has 0 unspecified atom stereocenters. The third-order valence-electron chi connectivity index (χ3n) is 2.50. The molecule has 1 aromatic heterocycles. The van der Waals surface area contributed by atoms with Crippen molar-refractivity contribution in [2.45, 2.75) is 27.2 Å². The van der Waals surface area contributed by atoms with E-state index in [1.54, 1.807) is 6.92 Å². The molecule has 0 saturated heterocycles. The van der Waals surface area contributed by atoms with Gasteiger partial charge in [-0.15, -0.1) is 0 Å². The average molecular weight is 266 g/mol. The summed E-state index contributed by atoms with van der Waals surface area (Å²) in [7, 11) is 0. The molecule has 0 fully saturated rings. The van der Waals surface area contributed by atoms with Crippen LogP contribution in [0.3, 0.4) is 0 Å². The molecule has 1 rings (SSSR count). The van der Waals surface area contributed by atoms with E-state index in [-0.39, 0.29) is 16.9 Å². The Morgan fingerprint density at radius 3 is 2.84 bits per heavy atom. The topological polar surface area (TPSA) is 71.2 Å². The second kappa shape index (κ2) is 7.74. The molecule has 1 heterocycles. The van der Waals surface area contributed by atoms with Gasteiger partial charge in [0.2, 0.25) is 0 Å². The number of carbonyl (C=O) groups excluding carboxylic acids is 1. The molecule has 1 amide bonds. The van der Waals surface area contributed by atoms with Crippen LogP contribution in [0.5, 0.6) is 0 Å². The van der Waals surface area contributed by atoms with E-state index in [9.17, 15) is 9.59 Å². The highest BCUT2D eigenvalue weighted by molar-refractivity contribution is 5.93. The molecule has 0 bridgehead atoms. The SMILES string of the molecule is Cc1cc(=O)c(C(=O)NCCCOCC(C)C)c[nH]1. The maximum absolute atomic E-state index is 11.7. The summed E-state index contributed by atoms with van der Waals surface area (Å²) < 4.78 is 5.40. The van der Waals surface area contributed by atoms with E-state index in [0.29, 0.717) is 19.1 Å². The van der Waals surface area contributed by atoms with E-state index in [1.807, 2.05) is 0 Å². The minimum absolute atomic E-state index is 0.147. The van der Waals surface area contributed by atoms with Crippen molar-refractivity contribution < 1.29 is 9.53 Å². The molecule has 0 aliphatic rings. The van der Waals surface area contributed by atoms with Gasteiger partial charge in [-0.05, 0) is 19.3 Å². The first-order valence-electron chi connectivity index (χ1n) is 6.56. The molecule has 19 heavy (non-hydrogen) atoms. The average Bonchev–Trinajstić information content (AvgIpc) is 2.32. The van der Waals surface area contributed by atoms with Crippen molar-refractivity contribution in [3.63, 3.8) is 0 Å². The number of pyridine rings is 1. The van der Waals surface area contributed by atoms with Gasteiger partial charge in [-0.2, -0.15) is 0 Å². The molecule has 0 atom stereocenters. The lowest BCUT2D eigenvalue weighted by molar-refractivity contribution is 0.0923. The number of nitrogens with one attached hydrogen (secondary N) is 2. The Bertz CT molecular complexity index is 466. The Balaban J connectivity index is 2.30. The van der Waals surface area contributed by atoms with Crippen molar-refractivity contribution in [3.8, 4) is 0 Å². The van der Waals surface area contributed by atoms with Gasteiger partial charge in [0.05, 0.1) is 0 Å². The van der Waals surface area contributed by atoms with E-state index in [4.69, 9.17) is 4.74 Å². The van der Waals surface area contributed by atoms with E-state index < -0.39 is 0 Å². The third-order valence-corrected chi connectivity index (χ3v) is 2.50. The first-order valence-corrected chi connectivity index (χ1v) is 6.56. The van der Waals surface area contributed by atoms with Gasteiger partial charge in [0.15, 0.2) is 5.43 Å². The van der Waals surface area contributed by atoms with Crippen LogP contribution >= 0.6 is 0 Å². The highest BCUT2D eigenvalue weighted by Gasteiger charge is 2.09. The molecule has 106 valence electrons. The van der Waals surface area contributed by atoms with Crippen molar-refractivity contribution in [3.05, 3.63) is 33.7 Å². The van der Waals surface area contributed by atoms with Gasteiger partial charge in [-0.1, -0.05) is 13.8 Å². The Labute approximate surface area is 113 Å². The lowest BCUT2D eigenvalue weighted by atomic mass is 10.2. The van der Waals surface area contributed by atoms with E-state index in [2.05, 4.69) is 24.1 Å². The van der Waals surface area contributed by atoms with Crippen LogP contribution in [0.1, 0.15) is 36.3 Å². The molecular formula is C14H22N2O3. The van der Waals surface area contributed by atoms with Gasteiger partial charge in [0, 0.05) is 37.7 Å². The number of rotatable bonds is 7. The van der Waals surface area contributed by atoms with Crippen molar-refractivity contribution in [2.75, 3.05) is 19.8 Å². The second-order valence-corrected chi connectivity index (χ2v) is 4.97. The molecule has 0 radical (unpaired) electrons. The molecular weight excluding hydrogens is 244 g/mol. The van der Waals surface area contributed by atoms with Gasteiger partial charge in [0.1, 0.15) is 5.56 Å². The van der Waals surface area contributed by atoms with Crippen molar-refractivity contribution in [1.29, 1.82) is 0 Å². The lowest BCUT2D eigenvalue weighted by Gasteiger charge is -2.07. The fourth-order valence-electron chi connectivity index (χ4n) is 1.54. The van der Waals surface area contributed by atoms with Gasteiger partial charge in [-0.25, -0.2) is 0 Å². The predicted molar refractivity (Wildman–Crippen MR) is 74.4 cm³/mol. The Kier molecular flexibility index (Phi) is 6.29. The summed E-state index contributed by atoms with van der Waals surface area (Å²) >= 11 is 0. The van der Waals surface area contributed by atoms with Crippen molar-refractivity contribution in [1.82, 2.24) is 10.3 Å². The minimum atomic E-state index is -0.342. The number of hydrogen-bond donors (Lipinski definition) is 2. The number of ether oxygens (including phenoxy) is 1. The van der Waals surface area contributed by atoms with Crippen LogP contribution in [0.25, 0.3) is 0 Å². The molecule has 0 aromatic carbocycles. The van der Waals surface area contributed by atoms with Crippen LogP contribution in [-0.2, 0) is 4.74 Å². The summed E-state index contributed by atoms with van der Waals surface area (Å²) in [6.45, 7) is 7.80. The molecule has 1 aromatic rings. The maximum Gasteiger partial charge on any atom is 0.256 e. The zero-order valence-corrected chi connectivity index (χ0v) is 11.8. The first kappa shape index (κ1) is 15.4. The molecule has 2 N–H and O–H groups in total. The minimum Gasteiger partial charge on any atom is -0.381 e. The number of carbonyl (C=O) groups is 1. The Morgan fingerprint density at radius 1 is 1.47 bits per heavy atom. The first-order chi connectivity index (χ1) is 9.00. The summed E-state index contributed by atoms with van der Waals surface area (Å²) in [5.41, 5.74) is 0.627. The molecule has 0 saturated carbocycles. The number of H-pyrrole nitrogens is 1. The van der Waals surface area contributed by atoms with Crippen LogP contribution < -0.4 is 10.7 Å². The van der Waals surface area contributed by atoms with Gasteiger partial charge >= 0.3 is 0 Å². The van der Waals surface area contributed by atoms with E-state index >= 15 is 0 Å². The highest BCUT2D eigenvalue weighted by atomic mass is 16.5. The zero-order chi connectivity index (χ0) is 14.3. The molecule has 0 aliphatic heterocycles. The lowest BCUT2D eigenvalue weighted by Crippen LogP contribution is -2.30. The number of aromatic nitrogens is 1. The molecule has 5 nitrogen and oxygen atoms in total. The van der Waals surface area contributed by atoms with Gasteiger partial charge in [0.25, 0.3) is 5.91 Å². The summed E-state index contributed by atoms with van der Waals surface area (Å²) in [6.07, 6.45) is 2.19. The number of aromatic amines is 1. The summed E-state index contributed by atoms with van der Waals surface area (Å²) in [6, 6.07) is 1.42. The van der Waals surface area contributed by atoms with E-state index in [1.165, 1.54) is 12.3 Å². The van der Waals surface area contributed by atoms with Crippen LogP contribution in [0.2, 0.25) is 0 Å². The standard InChI is InChI=1S/C14H22N2O3/c1-10(2)9-19-6-4-5-15-14(18)12-8-16-11(3)7-13(12)17/h7-8,10H,4-6,9H2,1-3H3,(H,15,18)(H,16,17). The summed E-state index contributed by atoms with van der Waals surface area (Å²) in [5.74, 6) is 0.172. The highest BCUT2D eigenvalue weighted by Crippen LogP contribution is 1.94. The van der Waals surface area contributed by atoms with Crippen molar-refractivity contribution >= 4 is 5.91 Å². The molecule has 0 spiro atoms. The maximum atomic E-state index is 11.7. The predicted octanol–water partition coefficient (Wildman–Crippen LogP) is 1.48. The number of amides is 1. The normalized spacial score (nSPS) is 10.7. The Morgan fingerprint density at radius 2 is 2.21 bits per heavy atom. The van der Waals surface area contributed by atoms with Crippen LogP contribution in [0, 0.1) is 12.8 Å². The summed E-state index contributed by atoms with van der Waals surface area (Å²) in [4.78, 5) is 26.2. The Hall–Kier alpha value is -1.62. The largest absolute Gasteiger partial charge is 0.381 e. The number of hydrogen-bond acceptors (Lipinski definition) is 3. The van der Waals surface area contributed by atoms with Crippen LogP contribution in [0.15, 0.2) is 17.1 Å². The smallest absolute Gasteiger partial charge is 0.256 e. The molecule has 5 heteroatoms. The van der Waals surface area contributed by atoms with Gasteiger partial charge < -0.3 is 15.0 Å². The monoisotopic (exact) mass is 266 g/mol. The van der Waals surface area contributed by atoms with Gasteiger partial charge in [-0.3, -0.25) is 9.59 Å². The van der Waals surface area contributed by atoms with Crippen LogP contribution in [-0.4, -0.2) is 30.6 Å². The fourth-order valence-corrected chi connectivity index (χ4v) is 1.54. The quantitative estimate of drug-likeness (QED) is 0.734. The third kappa shape index (κ3) is 5.70. The summed E-state index contributed by atoms with van der Waals surface area (Å²) in [5, 5.41) is 2.71. The van der Waals surface area contributed by atoms with Crippen LogP contribution in [0.4, 0.5) is 0 Å². The fraction of sp³-hybridized carbons (Fsp3) is 0.571. The van der Waals surface area contributed by atoms with Crippen molar-refractivity contribution in [2.24, 2.45) is 5.92 Å². The second-order valence-electron chi connectivity index (χ2n) is 4.97. The zero-order valence-electron chi connectivity index (χ0n) is 11.8. The number of aryl methyl sites for hydroxylation is 1. The van der Waals surface area contributed by atoms with E-state index in [0.717, 1.165) is 18.7 Å².